The molecule has 0 radical (unpaired) electrons. The number of carbonyl (C=O) groups is 3. The van der Waals surface area contributed by atoms with Gasteiger partial charge in [0.1, 0.15) is 6.04 Å². The minimum atomic E-state index is -0.887. The molecule has 5 nitrogen and oxygen atoms in total. The first kappa shape index (κ1) is 15.7. The molecule has 1 heterocycles. The molecular formula is C17H13IN2O3. The van der Waals surface area contributed by atoms with E-state index >= 15 is 0 Å². The minimum absolute atomic E-state index is 0.339. The molecule has 116 valence electrons. The molecule has 2 aromatic rings. The standard InChI is InChI=1S/C17H13IN2O3/c1-10(15(21)19-12-8-6-11(18)7-9-12)20-16(22)13-4-2-3-5-14(13)17(20)23/h2-10H,1H3,(H,19,21). The van der Waals surface area contributed by atoms with Crippen molar-refractivity contribution in [2.45, 2.75) is 13.0 Å². The third-order valence-electron chi connectivity index (χ3n) is 3.70. The summed E-state index contributed by atoms with van der Waals surface area (Å²) in [7, 11) is 0. The van der Waals surface area contributed by atoms with Crippen molar-refractivity contribution in [2.24, 2.45) is 0 Å². The van der Waals surface area contributed by atoms with Crippen molar-refractivity contribution in [3.63, 3.8) is 0 Å². The second-order valence-electron chi connectivity index (χ2n) is 5.20. The van der Waals surface area contributed by atoms with Crippen LogP contribution >= 0.6 is 22.6 Å². The van der Waals surface area contributed by atoms with Crippen LogP contribution in [0.25, 0.3) is 0 Å². The van der Waals surface area contributed by atoms with Gasteiger partial charge in [-0.25, -0.2) is 0 Å². The van der Waals surface area contributed by atoms with Crippen molar-refractivity contribution in [3.8, 4) is 0 Å². The van der Waals surface area contributed by atoms with Crippen molar-refractivity contribution in [2.75, 3.05) is 5.32 Å². The van der Waals surface area contributed by atoms with Gasteiger partial charge in [-0.15, -0.1) is 0 Å². The van der Waals surface area contributed by atoms with Crippen LogP contribution in [-0.4, -0.2) is 28.7 Å². The van der Waals surface area contributed by atoms with Crippen molar-refractivity contribution >= 4 is 46.0 Å². The minimum Gasteiger partial charge on any atom is -0.324 e. The third kappa shape index (κ3) is 2.86. The molecule has 3 amide bonds. The van der Waals surface area contributed by atoms with Crippen LogP contribution in [0.4, 0.5) is 5.69 Å². The Morgan fingerprint density at radius 3 is 2.04 bits per heavy atom. The largest absolute Gasteiger partial charge is 0.324 e. The van der Waals surface area contributed by atoms with Crippen LogP contribution in [0.15, 0.2) is 48.5 Å². The van der Waals surface area contributed by atoms with E-state index in [-0.39, 0.29) is 0 Å². The summed E-state index contributed by atoms with van der Waals surface area (Å²) in [5.74, 6) is -1.27. The van der Waals surface area contributed by atoms with E-state index in [1.807, 2.05) is 12.1 Å². The SMILES string of the molecule is CC(C(=O)Nc1ccc(I)cc1)N1C(=O)c2ccccc2C1=O. The van der Waals surface area contributed by atoms with Gasteiger partial charge < -0.3 is 5.32 Å². The number of fused-ring (bicyclic) bond motifs is 1. The first-order valence-electron chi connectivity index (χ1n) is 7.02. The number of carbonyl (C=O) groups excluding carboxylic acids is 3. The molecule has 1 atom stereocenters. The van der Waals surface area contributed by atoms with Crippen LogP contribution in [0.3, 0.4) is 0 Å². The molecule has 6 heteroatoms. The summed E-state index contributed by atoms with van der Waals surface area (Å²) < 4.78 is 1.05. The highest BCUT2D eigenvalue weighted by Gasteiger charge is 2.40. The average molecular weight is 420 g/mol. The number of anilines is 1. The molecule has 1 aliphatic heterocycles. The van der Waals surface area contributed by atoms with E-state index in [0.29, 0.717) is 16.8 Å². The Bertz CT molecular complexity index is 767. The summed E-state index contributed by atoms with van der Waals surface area (Å²) in [5, 5.41) is 2.73. The molecular weight excluding hydrogens is 407 g/mol. The molecule has 3 rings (SSSR count). The van der Waals surface area contributed by atoms with E-state index in [1.54, 1.807) is 43.3 Å². The normalized spacial score (nSPS) is 14.6. The van der Waals surface area contributed by atoms with Crippen LogP contribution in [-0.2, 0) is 4.79 Å². The molecule has 0 saturated heterocycles. The molecule has 0 aliphatic carbocycles. The number of rotatable bonds is 3. The average Bonchev–Trinajstić information content (AvgIpc) is 2.81. The van der Waals surface area contributed by atoms with Crippen LogP contribution in [0.1, 0.15) is 27.6 Å². The molecule has 0 spiro atoms. The van der Waals surface area contributed by atoms with Gasteiger partial charge in [0.25, 0.3) is 11.8 Å². The topological polar surface area (TPSA) is 66.5 Å². The van der Waals surface area contributed by atoms with E-state index in [1.165, 1.54) is 0 Å². The Morgan fingerprint density at radius 2 is 1.52 bits per heavy atom. The van der Waals surface area contributed by atoms with Gasteiger partial charge in [0.15, 0.2) is 0 Å². The lowest BCUT2D eigenvalue weighted by molar-refractivity contribution is -0.119. The van der Waals surface area contributed by atoms with Crippen LogP contribution < -0.4 is 5.32 Å². The maximum Gasteiger partial charge on any atom is 0.262 e. The second-order valence-corrected chi connectivity index (χ2v) is 6.44. The van der Waals surface area contributed by atoms with Crippen molar-refractivity contribution in [3.05, 3.63) is 63.2 Å². The fraction of sp³-hybridized carbons (Fsp3) is 0.118. The number of benzene rings is 2. The number of amides is 3. The van der Waals surface area contributed by atoms with Gasteiger partial charge in [-0.3, -0.25) is 19.3 Å². The zero-order valence-corrected chi connectivity index (χ0v) is 14.4. The van der Waals surface area contributed by atoms with Crippen LogP contribution in [0.2, 0.25) is 0 Å². The van der Waals surface area contributed by atoms with E-state index in [2.05, 4.69) is 27.9 Å². The maximum absolute atomic E-state index is 12.4. The summed E-state index contributed by atoms with van der Waals surface area (Å²) >= 11 is 2.17. The Hall–Kier alpha value is -2.22. The monoisotopic (exact) mass is 420 g/mol. The molecule has 1 unspecified atom stereocenters. The highest BCUT2D eigenvalue weighted by molar-refractivity contribution is 14.1. The van der Waals surface area contributed by atoms with Crippen LogP contribution in [0.5, 0.6) is 0 Å². The quantitative estimate of drug-likeness (QED) is 0.614. The molecule has 0 fully saturated rings. The van der Waals surface area contributed by atoms with Gasteiger partial charge in [-0.2, -0.15) is 0 Å². The van der Waals surface area contributed by atoms with E-state index in [0.717, 1.165) is 8.47 Å². The maximum atomic E-state index is 12.4. The number of halogens is 1. The van der Waals surface area contributed by atoms with Gasteiger partial charge in [0, 0.05) is 9.26 Å². The zero-order valence-electron chi connectivity index (χ0n) is 12.2. The first-order chi connectivity index (χ1) is 11.0. The van der Waals surface area contributed by atoms with E-state index in [4.69, 9.17) is 0 Å². The fourth-order valence-corrected chi connectivity index (χ4v) is 2.82. The zero-order chi connectivity index (χ0) is 16.6. The summed E-state index contributed by atoms with van der Waals surface area (Å²) in [5.41, 5.74) is 1.30. The first-order valence-corrected chi connectivity index (χ1v) is 8.10. The summed E-state index contributed by atoms with van der Waals surface area (Å²) in [6, 6.07) is 13.0. The van der Waals surface area contributed by atoms with Gasteiger partial charge in [0.2, 0.25) is 5.91 Å². The molecule has 0 saturated carbocycles. The van der Waals surface area contributed by atoms with Crippen molar-refractivity contribution in [1.29, 1.82) is 0 Å². The summed E-state index contributed by atoms with van der Waals surface area (Å²) in [6.07, 6.45) is 0. The number of nitrogens with one attached hydrogen (secondary N) is 1. The highest BCUT2D eigenvalue weighted by atomic mass is 127. The predicted molar refractivity (Wildman–Crippen MR) is 94.2 cm³/mol. The van der Waals surface area contributed by atoms with Gasteiger partial charge in [0.05, 0.1) is 11.1 Å². The van der Waals surface area contributed by atoms with E-state index < -0.39 is 23.8 Å². The van der Waals surface area contributed by atoms with Crippen LogP contribution in [0, 0.1) is 3.57 Å². The molecule has 0 bridgehead atoms. The Kier molecular flexibility index (Phi) is 4.16. The highest BCUT2D eigenvalue weighted by Crippen LogP contribution is 2.25. The molecule has 0 aromatic heterocycles. The predicted octanol–water partition coefficient (Wildman–Crippen LogP) is 2.91. The Labute approximate surface area is 146 Å². The molecule has 1 N–H and O–H groups in total. The lowest BCUT2D eigenvalue weighted by Gasteiger charge is -2.21. The number of hydrogen-bond donors (Lipinski definition) is 1. The van der Waals surface area contributed by atoms with Gasteiger partial charge >= 0.3 is 0 Å². The van der Waals surface area contributed by atoms with Gasteiger partial charge in [-0.1, -0.05) is 12.1 Å². The molecule has 1 aliphatic rings. The van der Waals surface area contributed by atoms with Gasteiger partial charge in [-0.05, 0) is 65.9 Å². The van der Waals surface area contributed by atoms with E-state index in [9.17, 15) is 14.4 Å². The summed E-state index contributed by atoms with van der Waals surface area (Å²) in [4.78, 5) is 38.1. The second kappa shape index (κ2) is 6.11. The lowest BCUT2D eigenvalue weighted by Crippen LogP contribution is -2.45. The van der Waals surface area contributed by atoms with Crippen molar-refractivity contribution in [1.82, 2.24) is 4.90 Å². The number of imide groups is 1. The number of nitrogens with zero attached hydrogens (tertiary/aromatic N) is 1. The third-order valence-corrected chi connectivity index (χ3v) is 4.42. The summed E-state index contributed by atoms with van der Waals surface area (Å²) in [6.45, 7) is 1.55. The molecule has 23 heavy (non-hydrogen) atoms. The Balaban J connectivity index is 1.79. The Morgan fingerprint density at radius 1 is 1.00 bits per heavy atom. The number of hydrogen-bond acceptors (Lipinski definition) is 3. The van der Waals surface area contributed by atoms with Crippen molar-refractivity contribution < 1.29 is 14.4 Å². The fourth-order valence-electron chi connectivity index (χ4n) is 2.46. The smallest absolute Gasteiger partial charge is 0.262 e. The lowest BCUT2D eigenvalue weighted by atomic mass is 10.1. The molecule has 2 aromatic carbocycles.